The summed E-state index contributed by atoms with van der Waals surface area (Å²) in [5.41, 5.74) is 0. The Balaban J connectivity index is 2.39. The van der Waals surface area contributed by atoms with Crippen molar-refractivity contribution >= 4 is 0 Å². The lowest BCUT2D eigenvalue weighted by Gasteiger charge is -2.25. The van der Waals surface area contributed by atoms with Gasteiger partial charge in [0.05, 0.1) is 6.10 Å². The van der Waals surface area contributed by atoms with Gasteiger partial charge in [0, 0.05) is 13.2 Å². The van der Waals surface area contributed by atoms with E-state index in [2.05, 4.69) is 20.8 Å². The van der Waals surface area contributed by atoms with Crippen LogP contribution in [0.15, 0.2) is 0 Å². The smallest absolute Gasteiger partial charge is 0.0581 e. The summed E-state index contributed by atoms with van der Waals surface area (Å²) >= 11 is 0. The zero-order chi connectivity index (χ0) is 9.84. The molecular formula is C11H22O2. The Morgan fingerprint density at radius 2 is 2.15 bits per heavy atom. The van der Waals surface area contributed by atoms with Gasteiger partial charge in [-0.3, -0.25) is 0 Å². The van der Waals surface area contributed by atoms with E-state index in [-0.39, 0.29) is 0 Å². The molecule has 4 unspecified atom stereocenters. The van der Waals surface area contributed by atoms with E-state index in [9.17, 15) is 0 Å². The monoisotopic (exact) mass is 186 g/mol. The van der Waals surface area contributed by atoms with Crippen LogP contribution in [0, 0.1) is 17.8 Å². The average Bonchev–Trinajstić information content (AvgIpc) is 2.42. The summed E-state index contributed by atoms with van der Waals surface area (Å²) in [5.74, 6) is 2.05. The fraction of sp³-hybridized carbons (Fsp3) is 1.00. The Labute approximate surface area is 81.3 Å². The molecule has 78 valence electrons. The molecule has 1 N–H and O–H groups in total. The fourth-order valence-corrected chi connectivity index (χ4v) is 2.62. The molecule has 1 heterocycles. The molecule has 0 saturated carbocycles. The highest BCUT2D eigenvalue weighted by molar-refractivity contribution is 4.82. The van der Waals surface area contributed by atoms with Crippen molar-refractivity contribution < 1.29 is 9.84 Å². The first-order valence-corrected chi connectivity index (χ1v) is 5.39. The van der Waals surface area contributed by atoms with E-state index < -0.39 is 0 Å². The van der Waals surface area contributed by atoms with Crippen LogP contribution in [-0.2, 0) is 4.74 Å². The minimum atomic E-state index is 0.320. The molecule has 0 aliphatic carbocycles. The quantitative estimate of drug-likeness (QED) is 0.728. The summed E-state index contributed by atoms with van der Waals surface area (Å²) in [7, 11) is 0. The molecule has 0 aromatic heterocycles. The van der Waals surface area contributed by atoms with Crippen LogP contribution >= 0.6 is 0 Å². The molecule has 2 heteroatoms. The Hall–Kier alpha value is -0.0800. The first kappa shape index (κ1) is 11.0. The summed E-state index contributed by atoms with van der Waals surface area (Å²) < 4.78 is 5.62. The lowest BCUT2D eigenvalue weighted by molar-refractivity contribution is 0.0894. The number of aliphatic hydroxyl groups excluding tert-OH is 1. The second-order valence-corrected chi connectivity index (χ2v) is 4.44. The lowest BCUT2D eigenvalue weighted by atomic mass is 9.80. The number of aliphatic hydroxyl groups is 1. The molecule has 2 nitrogen and oxygen atoms in total. The maximum atomic E-state index is 8.76. The van der Waals surface area contributed by atoms with Gasteiger partial charge >= 0.3 is 0 Å². The third-order valence-electron chi connectivity index (χ3n) is 3.30. The Morgan fingerprint density at radius 1 is 1.46 bits per heavy atom. The molecule has 1 aliphatic heterocycles. The minimum Gasteiger partial charge on any atom is -0.396 e. The highest BCUT2D eigenvalue weighted by Crippen LogP contribution is 2.34. The van der Waals surface area contributed by atoms with Gasteiger partial charge in [0.2, 0.25) is 0 Å². The topological polar surface area (TPSA) is 29.5 Å². The molecule has 1 rings (SSSR count). The second kappa shape index (κ2) is 4.97. The minimum absolute atomic E-state index is 0.320. The summed E-state index contributed by atoms with van der Waals surface area (Å²) in [4.78, 5) is 0. The van der Waals surface area contributed by atoms with E-state index >= 15 is 0 Å². The summed E-state index contributed by atoms with van der Waals surface area (Å²) in [6.07, 6.45) is 2.46. The molecule has 0 radical (unpaired) electrons. The van der Waals surface area contributed by atoms with Gasteiger partial charge in [-0.1, -0.05) is 13.8 Å². The van der Waals surface area contributed by atoms with Gasteiger partial charge in [0.15, 0.2) is 0 Å². The molecule has 0 spiro atoms. The van der Waals surface area contributed by atoms with Gasteiger partial charge < -0.3 is 9.84 Å². The van der Waals surface area contributed by atoms with Crippen LogP contribution in [0.2, 0.25) is 0 Å². The third-order valence-corrected chi connectivity index (χ3v) is 3.30. The molecule has 0 bridgehead atoms. The van der Waals surface area contributed by atoms with Crippen molar-refractivity contribution in [2.45, 2.75) is 39.7 Å². The highest BCUT2D eigenvalue weighted by atomic mass is 16.5. The fourth-order valence-electron chi connectivity index (χ4n) is 2.62. The van der Waals surface area contributed by atoms with Crippen LogP contribution in [0.3, 0.4) is 0 Å². The molecule has 0 amide bonds. The Morgan fingerprint density at radius 3 is 2.62 bits per heavy atom. The third kappa shape index (κ3) is 2.68. The zero-order valence-corrected chi connectivity index (χ0v) is 8.99. The van der Waals surface area contributed by atoms with E-state index in [0.717, 1.165) is 19.4 Å². The number of ether oxygens (including phenoxy) is 1. The van der Waals surface area contributed by atoms with Crippen molar-refractivity contribution in [1.82, 2.24) is 0 Å². The average molecular weight is 186 g/mol. The first-order valence-electron chi connectivity index (χ1n) is 5.39. The molecule has 1 aliphatic rings. The van der Waals surface area contributed by atoms with Crippen LogP contribution in [0.5, 0.6) is 0 Å². The van der Waals surface area contributed by atoms with E-state index in [1.165, 1.54) is 0 Å². The van der Waals surface area contributed by atoms with Crippen LogP contribution in [0.4, 0.5) is 0 Å². The van der Waals surface area contributed by atoms with E-state index in [0.29, 0.717) is 30.5 Å². The predicted molar refractivity (Wildman–Crippen MR) is 53.6 cm³/mol. The molecule has 13 heavy (non-hydrogen) atoms. The first-order chi connectivity index (χ1) is 6.16. The van der Waals surface area contributed by atoms with Gasteiger partial charge in [0.1, 0.15) is 0 Å². The van der Waals surface area contributed by atoms with Crippen LogP contribution in [-0.4, -0.2) is 24.4 Å². The molecule has 0 aromatic carbocycles. The van der Waals surface area contributed by atoms with Crippen molar-refractivity contribution in [3.63, 3.8) is 0 Å². The maximum Gasteiger partial charge on any atom is 0.0581 e. The van der Waals surface area contributed by atoms with Crippen LogP contribution < -0.4 is 0 Å². The van der Waals surface area contributed by atoms with Crippen molar-refractivity contribution in [1.29, 1.82) is 0 Å². The molecular weight excluding hydrogens is 164 g/mol. The zero-order valence-electron chi connectivity index (χ0n) is 8.99. The summed E-state index contributed by atoms with van der Waals surface area (Å²) in [6.45, 7) is 7.95. The van der Waals surface area contributed by atoms with Gasteiger partial charge in [-0.15, -0.1) is 0 Å². The van der Waals surface area contributed by atoms with Gasteiger partial charge in [0.25, 0.3) is 0 Å². The number of hydrogen-bond acceptors (Lipinski definition) is 2. The van der Waals surface area contributed by atoms with E-state index in [1.807, 2.05) is 0 Å². The maximum absolute atomic E-state index is 8.76. The van der Waals surface area contributed by atoms with Crippen molar-refractivity contribution in [3.05, 3.63) is 0 Å². The predicted octanol–water partition coefficient (Wildman–Crippen LogP) is 2.07. The van der Waals surface area contributed by atoms with Crippen LogP contribution in [0.1, 0.15) is 33.6 Å². The SMILES string of the molecule is CC(CCCO)C1C(C)COC1C. The molecule has 4 atom stereocenters. The lowest BCUT2D eigenvalue weighted by Crippen LogP contribution is -2.24. The standard InChI is InChI=1S/C11H22O2/c1-8(5-4-6-12)11-9(2)7-13-10(11)3/h8-12H,4-7H2,1-3H3. The van der Waals surface area contributed by atoms with Crippen LogP contribution in [0.25, 0.3) is 0 Å². The normalized spacial score (nSPS) is 36.5. The molecule has 0 aromatic rings. The van der Waals surface area contributed by atoms with Gasteiger partial charge in [-0.2, -0.15) is 0 Å². The van der Waals surface area contributed by atoms with Crippen molar-refractivity contribution in [2.24, 2.45) is 17.8 Å². The largest absolute Gasteiger partial charge is 0.396 e. The summed E-state index contributed by atoms with van der Waals surface area (Å²) in [6, 6.07) is 0. The Kier molecular flexibility index (Phi) is 4.20. The summed E-state index contributed by atoms with van der Waals surface area (Å²) in [5, 5.41) is 8.76. The van der Waals surface area contributed by atoms with E-state index in [1.54, 1.807) is 0 Å². The molecule has 1 saturated heterocycles. The second-order valence-electron chi connectivity index (χ2n) is 4.44. The van der Waals surface area contributed by atoms with E-state index in [4.69, 9.17) is 9.84 Å². The van der Waals surface area contributed by atoms with Crippen molar-refractivity contribution in [3.8, 4) is 0 Å². The number of hydrogen-bond donors (Lipinski definition) is 1. The van der Waals surface area contributed by atoms with Crippen molar-refractivity contribution in [2.75, 3.05) is 13.2 Å². The number of rotatable bonds is 4. The molecule has 1 fully saturated rings. The highest BCUT2D eigenvalue weighted by Gasteiger charge is 2.34. The Bertz CT molecular complexity index is 137. The van der Waals surface area contributed by atoms with Gasteiger partial charge in [-0.05, 0) is 37.5 Å². The van der Waals surface area contributed by atoms with Gasteiger partial charge in [-0.25, -0.2) is 0 Å².